The zero-order valence-corrected chi connectivity index (χ0v) is 20.1. The van der Waals surface area contributed by atoms with Gasteiger partial charge in [-0.1, -0.05) is 60.7 Å². The fourth-order valence-corrected chi connectivity index (χ4v) is 4.96. The number of ether oxygens (including phenoxy) is 2. The summed E-state index contributed by atoms with van der Waals surface area (Å²) in [6, 6.07) is 27.4. The van der Waals surface area contributed by atoms with E-state index >= 15 is 0 Å². The molecule has 8 heteroatoms. The van der Waals surface area contributed by atoms with Crippen LogP contribution in [0.1, 0.15) is 17.2 Å². The molecular formula is C27H26N4O3S. The Morgan fingerprint density at radius 1 is 0.800 bits per heavy atom. The van der Waals surface area contributed by atoms with Crippen molar-refractivity contribution in [3.63, 3.8) is 0 Å². The molecule has 1 saturated heterocycles. The second kappa shape index (κ2) is 9.65. The Morgan fingerprint density at radius 2 is 1.46 bits per heavy atom. The summed E-state index contributed by atoms with van der Waals surface area (Å²) >= 11 is 5.47. The highest BCUT2D eigenvalue weighted by atomic mass is 32.1. The van der Waals surface area contributed by atoms with Crippen LogP contribution in [-0.2, 0) is 6.67 Å². The lowest BCUT2D eigenvalue weighted by Crippen LogP contribution is -2.48. The van der Waals surface area contributed by atoms with Crippen molar-refractivity contribution in [1.82, 2.24) is 19.6 Å². The summed E-state index contributed by atoms with van der Waals surface area (Å²) in [5, 5.41) is 4.64. The molecule has 2 aliphatic heterocycles. The average molecular weight is 487 g/mol. The van der Waals surface area contributed by atoms with Gasteiger partial charge in [-0.05, 0) is 41.5 Å². The molecule has 3 aromatic carbocycles. The highest BCUT2D eigenvalue weighted by molar-refractivity contribution is 7.71. The van der Waals surface area contributed by atoms with Crippen molar-refractivity contribution in [3.05, 3.63) is 94.8 Å². The average Bonchev–Trinajstić information content (AvgIpc) is 3.52. The normalized spacial score (nSPS) is 16.1. The SMILES string of the molecule is S=c1oc(-c2ccc3c(c2)OCO3)nn1CN1CCN(C(c2ccccc2)c2ccccc2)CC1. The number of hydrogen-bond acceptors (Lipinski definition) is 7. The maximum Gasteiger partial charge on any atom is 0.288 e. The smallest absolute Gasteiger partial charge is 0.288 e. The molecule has 2 aliphatic rings. The zero-order valence-electron chi connectivity index (χ0n) is 19.2. The molecule has 0 radical (unpaired) electrons. The van der Waals surface area contributed by atoms with Crippen LogP contribution in [0.3, 0.4) is 0 Å². The van der Waals surface area contributed by atoms with Gasteiger partial charge in [0.2, 0.25) is 12.7 Å². The van der Waals surface area contributed by atoms with Crippen molar-refractivity contribution in [3.8, 4) is 23.0 Å². The van der Waals surface area contributed by atoms with Crippen LogP contribution in [0.15, 0.2) is 83.3 Å². The Labute approximate surface area is 209 Å². The minimum atomic E-state index is 0.234. The van der Waals surface area contributed by atoms with Gasteiger partial charge in [-0.15, -0.1) is 5.10 Å². The van der Waals surface area contributed by atoms with Gasteiger partial charge < -0.3 is 13.9 Å². The van der Waals surface area contributed by atoms with E-state index in [-0.39, 0.29) is 12.8 Å². The van der Waals surface area contributed by atoms with Crippen molar-refractivity contribution < 1.29 is 13.9 Å². The highest BCUT2D eigenvalue weighted by Crippen LogP contribution is 2.35. The first-order chi connectivity index (χ1) is 17.2. The van der Waals surface area contributed by atoms with E-state index in [1.54, 1.807) is 4.68 Å². The molecule has 7 nitrogen and oxygen atoms in total. The van der Waals surface area contributed by atoms with Crippen molar-refractivity contribution in [2.24, 2.45) is 0 Å². The van der Waals surface area contributed by atoms with Gasteiger partial charge in [0.1, 0.15) is 0 Å². The van der Waals surface area contributed by atoms with E-state index in [1.165, 1.54) is 11.1 Å². The molecule has 1 aromatic heterocycles. The summed E-state index contributed by atoms with van der Waals surface area (Å²) in [5.41, 5.74) is 3.45. The summed E-state index contributed by atoms with van der Waals surface area (Å²) in [6.07, 6.45) is 0. The summed E-state index contributed by atoms with van der Waals surface area (Å²) in [6.45, 7) is 4.58. The first kappa shape index (κ1) is 22.0. The van der Waals surface area contributed by atoms with Gasteiger partial charge in [-0.3, -0.25) is 9.80 Å². The van der Waals surface area contributed by atoms with Crippen LogP contribution in [0.2, 0.25) is 0 Å². The molecule has 0 unspecified atom stereocenters. The largest absolute Gasteiger partial charge is 0.454 e. The van der Waals surface area contributed by atoms with Gasteiger partial charge in [-0.25, -0.2) is 4.68 Å². The lowest BCUT2D eigenvalue weighted by atomic mass is 9.96. The van der Waals surface area contributed by atoms with E-state index in [2.05, 4.69) is 75.6 Å². The van der Waals surface area contributed by atoms with Gasteiger partial charge in [-0.2, -0.15) is 0 Å². The first-order valence-corrected chi connectivity index (χ1v) is 12.2. The van der Waals surface area contributed by atoms with Crippen molar-refractivity contribution in [2.75, 3.05) is 33.0 Å². The molecule has 0 atom stereocenters. The Balaban J connectivity index is 1.15. The molecule has 0 amide bonds. The van der Waals surface area contributed by atoms with E-state index in [0.717, 1.165) is 37.5 Å². The highest BCUT2D eigenvalue weighted by Gasteiger charge is 2.27. The molecule has 1 fully saturated rings. The first-order valence-electron chi connectivity index (χ1n) is 11.8. The van der Waals surface area contributed by atoms with E-state index < -0.39 is 0 Å². The number of fused-ring (bicyclic) bond motifs is 1. The van der Waals surface area contributed by atoms with Crippen LogP contribution in [0, 0.1) is 4.84 Å². The van der Waals surface area contributed by atoms with Crippen molar-refractivity contribution in [1.29, 1.82) is 0 Å². The fourth-order valence-electron chi connectivity index (χ4n) is 4.78. The molecule has 35 heavy (non-hydrogen) atoms. The van der Waals surface area contributed by atoms with Gasteiger partial charge in [0.05, 0.1) is 12.7 Å². The Bertz CT molecular complexity index is 1310. The second-order valence-electron chi connectivity index (χ2n) is 8.76. The Kier molecular flexibility index (Phi) is 6.08. The van der Waals surface area contributed by atoms with Crippen LogP contribution in [0.4, 0.5) is 0 Å². The molecule has 0 bridgehead atoms. The van der Waals surface area contributed by atoms with Crippen LogP contribution in [0.25, 0.3) is 11.5 Å². The monoisotopic (exact) mass is 486 g/mol. The topological polar surface area (TPSA) is 55.9 Å². The molecule has 6 rings (SSSR count). The summed E-state index contributed by atoms with van der Waals surface area (Å²) in [7, 11) is 0. The summed E-state index contributed by atoms with van der Waals surface area (Å²) in [4.78, 5) is 5.29. The predicted octanol–water partition coefficient (Wildman–Crippen LogP) is 4.97. The molecule has 0 aliphatic carbocycles. The van der Waals surface area contributed by atoms with Crippen molar-refractivity contribution >= 4 is 12.2 Å². The standard InChI is InChI=1S/C27H26N4O3S/c35-27-31(28-26(34-27)22-11-12-23-24(17-22)33-19-32-23)18-29-13-15-30(16-14-29)25(20-7-3-1-4-8-20)21-9-5-2-6-10-21/h1-12,17,25H,13-16,18-19H2. The Hall–Kier alpha value is -3.46. The lowest BCUT2D eigenvalue weighted by molar-refractivity contribution is 0.0838. The van der Waals surface area contributed by atoms with E-state index in [1.807, 2.05) is 18.2 Å². The lowest BCUT2D eigenvalue weighted by Gasteiger charge is -2.39. The third-order valence-electron chi connectivity index (χ3n) is 6.56. The van der Waals surface area contributed by atoms with Crippen LogP contribution in [0.5, 0.6) is 11.5 Å². The van der Waals surface area contributed by atoms with E-state index in [9.17, 15) is 0 Å². The van der Waals surface area contributed by atoms with Crippen molar-refractivity contribution in [2.45, 2.75) is 12.7 Å². The van der Waals surface area contributed by atoms with Crippen LogP contribution in [-0.4, -0.2) is 52.6 Å². The molecule has 0 spiro atoms. The second-order valence-corrected chi connectivity index (χ2v) is 9.11. The molecule has 4 aromatic rings. The Morgan fingerprint density at radius 3 is 2.14 bits per heavy atom. The fraction of sp³-hybridized carbons (Fsp3) is 0.259. The summed E-state index contributed by atoms with van der Waals surface area (Å²) < 4.78 is 18.4. The maximum atomic E-state index is 5.81. The minimum absolute atomic E-state index is 0.234. The third-order valence-corrected chi connectivity index (χ3v) is 6.86. The van der Waals surface area contributed by atoms with Gasteiger partial charge >= 0.3 is 0 Å². The van der Waals surface area contributed by atoms with E-state index in [4.69, 9.17) is 26.1 Å². The number of benzene rings is 3. The number of piperazine rings is 1. The maximum absolute atomic E-state index is 5.81. The predicted molar refractivity (Wildman–Crippen MR) is 135 cm³/mol. The van der Waals surface area contributed by atoms with E-state index in [0.29, 0.717) is 23.1 Å². The minimum Gasteiger partial charge on any atom is -0.454 e. The molecule has 3 heterocycles. The van der Waals surface area contributed by atoms with Gasteiger partial charge in [0.15, 0.2) is 11.5 Å². The number of hydrogen-bond donors (Lipinski definition) is 0. The molecule has 0 N–H and O–H groups in total. The third kappa shape index (κ3) is 4.60. The number of aromatic nitrogens is 2. The zero-order chi connectivity index (χ0) is 23.6. The van der Waals surface area contributed by atoms with Gasteiger partial charge in [0.25, 0.3) is 4.84 Å². The van der Waals surface area contributed by atoms with Crippen LogP contribution >= 0.6 is 12.2 Å². The number of rotatable bonds is 6. The molecule has 0 saturated carbocycles. The molecule has 178 valence electrons. The molecular weight excluding hydrogens is 460 g/mol. The summed E-state index contributed by atoms with van der Waals surface area (Å²) in [5.74, 6) is 1.91. The van der Waals surface area contributed by atoms with Crippen LogP contribution < -0.4 is 9.47 Å². The number of nitrogens with zero attached hydrogens (tertiary/aromatic N) is 4. The quantitative estimate of drug-likeness (QED) is 0.357. The van der Waals surface area contributed by atoms with Gasteiger partial charge in [0, 0.05) is 31.7 Å².